The fourth-order valence-electron chi connectivity index (χ4n) is 2.35. The Kier molecular flexibility index (Phi) is 4.79. The molecular weight excluding hydrogens is 250 g/mol. The molecule has 0 radical (unpaired) electrons. The minimum Gasteiger partial charge on any atom is -0.497 e. The summed E-state index contributed by atoms with van der Waals surface area (Å²) in [6, 6.07) is 8.86. The van der Waals surface area contributed by atoms with Gasteiger partial charge in [-0.3, -0.25) is 4.68 Å². The molecule has 1 heterocycles. The van der Waals surface area contributed by atoms with Crippen LogP contribution in [0.4, 0.5) is 0 Å². The number of hydrogen-bond acceptors (Lipinski definition) is 3. The van der Waals surface area contributed by atoms with Crippen molar-refractivity contribution in [2.75, 3.05) is 7.11 Å². The third-order valence-corrected chi connectivity index (χ3v) is 3.60. The molecule has 2 aromatic rings. The Morgan fingerprint density at radius 1 is 1.25 bits per heavy atom. The van der Waals surface area contributed by atoms with Crippen molar-refractivity contribution in [2.24, 2.45) is 7.05 Å². The Hall–Kier alpha value is -1.81. The first kappa shape index (κ1) is 14.6. The summed E-state index contributed by atoms with van der Waals surface area (Å²) in [4.78, 5) is 0. The van der Waals surface area contributed by atoms with E-state index in [2.05, 4.69) is 42.6 Å². The van der Waals surface area contributed by atoms with Crippen molar-refractivity contribution < 1.29 is 4.74 Å². The molecule has 4 heteroatoms. The van der Waals surface area contributed by atoms with Crippen LogP contribution in [0.3, 0.4) is 0 Å². The van der Waals surface area contributed by atoms with Crippen molar-refractivity contribution in [1.82, 2.24) is 15.1 Å². The summed E-state index contributed by atoms with van der Waals surface area (Å²) in [5.74, 6) is 0.893. The van der Waals surface area contributed by atoms with Crippen LogP contribution in [0.25, 0.3) is 0 Å². The van der Waals surface area contributed by atoms with Gasteiger partial charge in [-0.05, 0) is 31.0 Å². The molecule has 0 aliphatic carbocycles. The maximum absolute atomic E-state index is 5.20. The quantitative estimate of drug-likeness (QED) is 0.878. The molecule has 4 nitrogen and oxygen atoms in total. The first-order valence-corrected chi connectivity index (χ1v) is 7.02. The Balaban J connectivity index is 2.07. The van der Waals surface area contributed by atoms with Gasteiger partial charge >= 0.3 is 0 Å². The maximum Gasteiger partial charge on any atom is 0.118 e. The second-order valence-electron chi connectivity index (χ2n) is 5.07. The first-order valence-electron chi connectivity index (χ1n) is 7.02. The zero-order chi connectivity index (χ0) is 14.5. The van der Waals surface area contributed by atoms with Crippen molar-refractivity contribution in [3.05, 3.63) is 47.8 Å². The molecule has 20 heavy (non-hydrogen) atoms. The molecule has 2 rings (SSSR count). The Bertz CT molecular complexity index is 533. The lowest BCUT2D eigenvalue weighted by molar-refractivity contribution is 0.413. The number of benzene rings is 1. The molecule has 0 amide bonds. The molecule has 2 atom stereocenters. The van der Waals surface area contributed by atoms with Gasteiger partial charge in [0, 0.05) is 30.9 Å². The van der Waals surface area contributed by atoms with Gasteiger partial charge in [0.1, 0.15) is 5.75 Å². The molecular formula is C16H23N3O. The highest BCUT2D eigenvalue weighted by Gasteiger charge is 2.14. The number of nitrogens with zero attached hydrogens (tertiary/aromatic N) is 2. The average molecular weight is 273 g/mol. The van der Waals surface area contributed by atoms with Crippen molar-refractivity contribution in [1.29, 1.82) is 0 Å². The smallest absolute Gasteiger partial charge is 0.118 e. The van der Waals surface area contributed by atoms with Gasteiger partial charge in [-0.1, -0.05) is 19.1 Å². The Morgan fingerprint density at radius 3 is 2.45 bits per heavy atom. The van der Waals surface area contributed by atoms with Crippen LogP contribution >= 0.6 is 0 Å². The number of aryl methyl sites for hydroxylation is 1. The number of rotatable bonds is 6. The lowest BCUT2D eigenvalue weighted by Crippen LogP contribution is -2.24. The van der Waals surface area contributed by atoms with E-state index in [-0.39, 0.29) is 6.04 Å². The van der Waals surface area contributed by atoms with E-state index in [1.807, 2.05) is 30.1 Å². The summed E-state index contributed by atoms with van der Waals surface area (Å²) < 4.78 is 7.04. The van der Waals surface area contributed by atoms with E-state index >= 15 is 0 Å². The summed E-state index contributed by atoms with van der Waals surface area (Å²) in [7, 11) is 3.63. The Labute approximate surface area is 120 Å². The second kappa shape index (κ2) is 6.57. The summed E-state index contributed by atoms with van der Waals surface area (Å²) in [6.07, 6.45) is 5.01. The maximum atomic E-state index is 5.20. The lowest BCUT2D eigenvalue weighted by atomic mass is 10.0. The van der Waals surface area contributed by atoms with Gasteiger partial charge in [-0.2, -0.15) is 5.10 Å². The minimum absolute atomic E-state index is 0.274. The first-order chi connectivity index (χ1) is 9.63. The monoisotopic (exact) mass is 273 g/mol. The molecule has 1 aromatic heterocycles. The van der Waals surface area contributed by atoms with Gasteiger partial charge in [-0.15, -0.1) is 0 Å². The van der Waals surface area contributed by atoms with Crippen LogP contribution < -0.4 is 10.1 Å². The van der Waals surface area contributed by atoms with Crippen LogP contribution in [0.15, 0.2) is 36.7 Å². The number of nitrogens with one attached hydrogen (secondary N) is 1. The van der Waals surface area contributed by atoms with Gasteiger partial charge in [0.15, 0.2) is 0 Å². The largest absolute Gasteiger partial charge is 0.497 e. The molecule has 0 fully saturated rings. The third kappa shape index (κ3) is 3.39. The highest BCUT2D eigenvalue weighted by atomic mass is 16.5. The van der Waals surface area contributed by atoms with Crippen LogP contribution in [-0.4, -0.2) is 16.9 Å². The van der Waals surface area contributed by atoms with Crippen LogP contribution in [0.2, 0.25) is 0 Å². The molecule has 0 saturated heterocycles. The highest BCUT2D eigenvalue weighted by molar-refractivity contribution is 5.29. The summed E-state index contributed by atoms with van der Waals surface area (Å²) >= 11 is 0. The van der Waals surface area contributed by atoms with Crippen LogP contribution in [0.5, 0.6) is 5.75 Å². The van der Waals surface area contributed by atoms with Gasteiger partial charge in [-0.25, -0.2) is 0 Å². The lowest BCUT2D eigenvalue weighted by Gasteiger charge is -2.22. The summed E-state index contributed by atoms with van der Waals surface area (Å²) in [5.41, 5.74) is 2.49. The number of hydrogen-bond donors (Lipinski definition) is 1. The summed E-state index contributed by atoms with van der Waals surface area (Å²) in [5, 5.41) is 7.88. The fraction of sp³-hybridized carbons (Fsp3) is 0.438. The normalized spacial score (nSPS) is 14.0. The van der Waals surface area contributed by atoms with Crippen LogP contribution in [0, 0.1) is 0 Å². The van der Waals surface area contributed by atoms with Gasteiger partial charge in [0.25, 0.3) is 0 Å². The number of ether oxygens (including phenoxy) is 1. The minimum atomic E-state index is 0.274. The fourth-order valence-corrected chi connectivity index (χ4v) is 2.35. The molecule has 1 N–H and O–H groups in total. The zero-order valence-corrected chi connectivity index (χ0v) is 12.6. The predicted molar refractivity (Wildman–Crippen MR) is 80.8 cm³/mol. The summed E-state index contributed by atoms with van der Waals surface area (Å²) in [6.45, 7) is 4.36. The van der Waals surface area contributed by atoms with Crippen molar-refractivity contribution in [3.8, 4) is 5.75 Å². The van der Waals surface area contributed by atoms with Crippen molar-refractivity contribution in [2.45, 2.75) is 32.4 Å². The third-order valence-electron chi connectivity index (χ3n) is 3.60. The Morgan fingerprint density at radius 2 is 1.95 bits per heavy atom. The van der Waals surface area contributed by atoms with Gasteiger partial charge in [0.2, 0.25) is 0 Å². The van der Waals surface area contributed by atoms with Crippen molar-refractivity contribution >= 4 is 0 Å². The molecule has 0 aliphatic rings. The van der Waals surface area contributed by atoms with E-state index in [9.17, 15) is 0 Å². The molecule has 2 unspecified atom stereocenters. The van der Waals surface area contributed by atoms with Gasteiger partial charge < -0.3 is 10.1 Å². The van der Waals surface area contributed by atoms with E-state index in [1.165, 1.54) is 11.1 Å². The van der Waals surface area contributed by atoms with E-state index < -0.39 is 0 Å². The molecule has 0 aliphatic heterocycles. The predicted octanol–water partition coefficient (Wildman–Crippen LogP) is 3.23. The van der Waals surface area contributed by atoms with E-state index in [1.54, 1.807) is 7.11 Å². The number of methoxy groups -OCH3 is 1. The molecule has 1 aromatic carbocycles. The van der Waals surface area contributed by atoms with Crippen LogP contribution in [0.1, 0.15) is 43.5 Å². The standard InChI is InChI=1S/C16H23N3O/c1-5-16(13-6-8-15(20-4)9-7-13)18-12(2)14-10-17-19(3)11-14/h6-12,16,18H,5H2,1-4H3. The van der Waals surface area contributed by atoms with Gasteiger partial charge in [0.05, 0.1) is 13.3 Å². The second-order valence-corrected chi connectivity index (χ2v) is 5.07. The average Bonchev–Trinajstić information content (AvgIpc) is 2.91. The molecule has 0 bridgehead atoms. The molecule has 108 valence electrons. The van der Waals surface area contributed by atoms with Crippen molar-refractivity contribution in [3.63, 3.8) is 0 Å². The SMILES string of the molecule is CCC(NC(C)c1cnn(C)c1)c1ccc(OC)cc1. The molecule has 0 saturated carbocycles. The highest BCUT2D eigenvalue weighted by Crippen LogP contribution is 2.23. The number of aromatic nitrogens is 2. The van der Waals surface area contributed by atoms with E-state index in [4.69, 9.17) is 4.74 Å². The topological polar surface area (TPSA) is 39.1 Å². The van der Waals surface area contributed by atoms with E-state index in [0.29, 0.717) is 6.04 Å². The van der Waals surface area contributed by atoms with Crippen LogP contribution in [-0.2, 0) is 7.05 Å². The van der Waals surface area contributed by atoms with E-state index in [0.717, 1.165) is 12.2 Å². The zero-order valence-electron chi connectivity index (χ0n) is 12.6. The molecule has 0 spiro atoms.